The Labute approximate surface area is 107 Å². The summed E-state index contributed by atoms with van der Waals surface area (Å²) in [5, 5.41) is 0. The lowest BCUT2D eigenvalue weighted by atomic mass is 9.90. The van der Waals surface area contributed by atoms with Crippen LogP contribution in [0.3, 0.4) is 0 Å². The van der Waals surface area contributed by atoms with Crippen LogP contribution in [0.25, 0.3) is 0 Å². The minimum absolute atomic E-state index is 0.0875. The molecule has 1 aliphatic rings. The molecule has 0 aromatic heterocycles. The van der Waals surface area contributed by atoms with Crippen LogP contribution in [0.1, 0.15) is 37.7 Å². The molecule has 1 saturated carbocycles. The Kier molecular flexibility index (Phi) is 4.00. The van der Waals surface area contributed by atoms with Crippen molar-refractivity contribution in [1.82, 2.24) is 0 Å². The second-order valence-corrected chi connectivity index (χ2v) is 5.02. The lowest BCUT2D eigenvalue weighted by Gasteiger charge is -2.15. The molecule has 0 saturated heterocycles. The Morgan fingerprint density at radius 3 is 2.67 bits per heavy atom. The first-order valence-electron chi connectivity index (χ1n) is 6.49. The molecule has 2 nitrogen and oxygen atoms in total. The van der Waals surface area contributed by atoms with Gasteiger partial charge in [0, 0.05) is 0 Å². The van der Waals surface area contributed by atoms with Crippen molar-refractivity contribution >= 4 is 5.97 Å². The Morgan fingerprint density at radius 2 is 2.11 bits per heavy atom. The maximum absolute atomic E-state index is 12.9. The molecule has 3 heteroatoms. The van der Waals surface area contributed by atoms with Crippen LogP contribution < -0.4 is 0 Å². The summed E-state index contributed by atoms with van der Waals surface area (Å²) in [5.74, 6) is 0.642. The van der Waals surface area contributed by atoms with Crippen LogP contribution in [0.15, 0.2) is 24.3 Å². The van der Waals surface area contributed by atoms with Gasteiger partial charge in [-0.15, -0.1) is 0 Å². The molecule has 0 spiro atoms. The summed E-state index contributed by atoms with van der Waals surface area (Å²) in [5.41, 5.74) is 1.16. The van der Waals surface area contributed by atoms with Gasteiger partial charge in [0.05, 0.1) is 13.0 Å². The summed E-state index contributed by atoms with van der Waals surface area (Å²) in [7, 11) is 1.44. The fourth-order valence-corrected chi connectivity index (χ4v) is 2.59. The molecular weight excluding hydrogens is 231 g/mol. The average Bonchev–Trinajstić information content (AvgIpc) is 3.15. The molecule has 0 N–H and O–H groups in total. The fraction of sp³-hybridized carbons (Fsp3) is 0.533. The Balaban J connectivity index is 1.95. The van der Waals surface area contributed by atoms with E-state index in [1.807, 2.05) is 12.1 Å². The monoisotopic (exact) mass is 250 g/mol. The predicted octanol–water partition coefficient (Wildman–Crippen LogP) is 3.52. The van der Waals surface area contributed by atoms with E-state index in [0.717, 1.165) is 24.8 Å². The van der Waals surface area contributed by atoms with Crippen LogP contribution in [0.4, 0.5) is 4.39 Å². The molecular formula is C15H19FO2. The van der Waals surface area contributed by atoms with Gasteiger partial charge in [-0.2, -0.15) is 0 Å². The van der Waals surface area contributed by atoms with Gasteiger partial charge in [-0.25, -0.2) is 4.39 Å². The maximum atomic E-state index is 12.9. The van der Waals surface area contributed by atoms with Gasteiger partial charge >= 0.3 is 5.97 Å². The molecule has 1 aromatic carbocycles. The average molecular weight is 250 g/mol. The number of hydrogen-bond acceptors (Lipinski definition) is 2. The molecule has 0 heterocycles. The molecule has 1 aromatic rings. The minimum Gasteiger partial charge on any atom is -0.469 e. The number of benzene rings is 1. The molecule has 2 rings (SSSR count). The highest BCUT2D eigenvalue weighted by molar-refractivity contribution is 5.75. The van der Waals surface area contributed by atoms with Crippen molar-refractivity contribution < 1.29 is 13.9 Å². The smallest absolute Gasteiger partial charge is 0.308 e. The first kappa shape index (κ1) is 13.1. The number of ether oxygens (including phenoxy) is 1. The highest BCUT2D eigenvalue weighted by Crippen LogP contribution is 2.46. The van der Waals surface area contributed by atoms with E-state index in [2.05, 4.69) is 6.92 Å². The van der Waals surface area contributed by atoms with E-state index in [1.165, 1.54) is 19.2 Å². The van der Waals surface area contributed by atoms with Crippen LogP contribution in [-0.4, -0.2) is 13.1 Å². The number of hydrogen-bond donors (Lipinski definition) is 0. The summed E-state index contributed by atoms with van der Waals surface area (Å²) in [4.78, 5) is 11.4. The number of carbonyl (C=O) groups excluding carboxylic acids is 1. The molecule has 3 unspecified atom stereocenters. The normalized spacial score (nSPS) is 23.5. The first-order chi connectivity index (χ1) is 8.65. The van der Waals surface area contributed by atoms with Gasteiger partial charge in [0.15, 0.2) is 0 Å². The van der Waals surface area contributed by atoms with Crippen molar-refractivity contribution in [2.45, 2.75) is 32.1 Å². The van der Waals surface area contributed by atoms with E-state index in [0.29, 0.717) is 11.8 Å². The summed E-state index contributed by atoms with van der Waals surface area (Å²) in [6.45, 7) is 2.13. The zero-order valence-corrected chi connectivity index (χ0v) is 10.9. The predicted molar refractivity (Wildman–Crippen MR) is 67.7 cm³/mol. The van der Waals surface area contributed by atoms with Crippen molar-refractivity contribution in [3.05, 3.63) is 35.6 Å². The lowest BCUT2D eigenvalue weighted by molar-refractivity contribution is -0.142. The molecule has 0 amide bonds. The fourth-order valence-electron chi connectivity index (χ4n) is 2.59. The van der Waals surface area contributed by atoms with Crippen molar-refractivity contribution in [2.24, 2.45) is 11.8 Å². The highest BCUT2D eigenvalue weighted by Gasteiger charge is 2.44. The van der Waals surface area contributed by atoms with Gasteiger partial charge < -0.3 is 4.74 Å². The van der Waals surface area contributed by atoms with Crippen LogP contribution in [0.5, 0.6) is 0 Å². The second kappa shape index (κ2) is 5.51. The zero-order chi connectivity index (χ0) is 13.1. The van der Waals surface area contributed by atoms with E-state index in [9.17, 15) is 9.18 Å². The van der Waals surface area contributed by atoms with E-state index in [4.69, 9.17) is 4.74 Å². The van der Waals surface area contributed by atoms with Crippen LogP contribution in [-0.2, 0) is 9.53 Å². The van der Waals surface area contributed by atoms with E-state index in [-0.39, 0.29) is 17.7 Å². The number of halogens is 1. The molecule has 3 atom stereocenters. The molecule has 1 fully saturated rings. The summed E-state index contributed by atoms with van der Waals surface area (Å²) in [6.07, 6.45) is 2.93. The van der Waals surface area contributed by atoms with Crippen molar-refractivity contribution in [3.63, 3.8) is 0 Å². The van der Waals surface area contributed by atoms with E-state index >= 15 is 0 Å². The van der Waals surface area contributed by atoms with Crippen molar-refractivity contribution in [1.29, 1.82) is 0 Å². The molecule has 0 bridgehead atoms. The summed E-state index contributed by atoms with van der Waals surface area (Å²) in [6, 6.07) is 6.70. The van der Waals surface area contributed by atoms with E-state index < -0.39 is 0 Å². The first-order valence-corrected chi connectivity index (χ1v) is 6.49. The topological polar surface area (TPSA) is 26.3 Å². The Morgan fingerprint density at radius 1 is 1.44 bits per heavy atom. The quantitative estimate of drug-likeness (QED) is 0.747. The van der Waals surface area contributed by atoms with Crippen LogP contribution >= 0.6 is 0 Å². The molecule has 98 valence electrons. The zero-order valence-electron chi connectivity index (χ0n) is 10.9. The van der Waals surface area contributed by atoms with Gasteiger partial charge in [0.1, 0.15) is 5.82 Å². The number of carbonyl (C=O) groups is 1. The summed E-state index contributed by atoms with van der Waals surface area (Å²) >= 11 is 0. The maximum Gasteiger partial charge on any atom is 0.308 e. The van der Waals surface area contributed by atoms with Crippen molar-refractivity contribution in [3.8, 4) is 0 Å². The second-order valence-electron chi connectivity index (χ2n) is 5.02. The lowest BCUT2D eigenvalue weighted by Crippen LogP contribution is -2.06. The third kappa shape index (κ3) is 2.89. The molecule has 0 radical (unpaired) electrons. The van der Waals surface area contributed by atoms with Crippen LogP contribution in [0.2, 0.25) is 0 Å². The van der Waals surface area contributed by atoms with Gasteiger partial charge in [-0.3, -0.25) is 4.79 Å². The SMILES string of the molecule is CCC(CC1CC1C(=O)OC)c1ccc(F)cc1. The van der Waals surface area contributed by atoms with Gasteiger partial charge in [0.25, 0.3) is 0 Å². The third-order valence-electron chi connectivity index (χ3n) is 3.85. The molecule has 1 aliphatic carbocycles. The number of esters is 1. The minimum atomic E-state index is -0.201. The molecule has 0 aliphatic heterocycles. The Bertz CT molecular complexity index is 413. The molecule has 18 heavy (non-hydrogen) atoms. The van der Waals surface area contributed by atoms with Gasteiger partial charge in [-0.05, 0) is 48.8 Å². The number of methoxy groups -OCH3 is 1. The largest absolute Gasteiger partial charge is 0.469 e. The highest BCUT2D eigenvalue weighted by atomic mass is 19.1. The summed E-state index contributed by atoms with van der Waals surface area (Å²) < 4.78 is 17.6. The van der Waals surface area contributed by atoms with Gasteiger partial charge in [0.2, 0.25) is 0 Å². The standard InChI is InChI=1S/C15H19FO2/c1-3-10(11-4-6-13(16)7-5-11)8-12-9-14(12)15(17)18-2/h4-7,10,12,14H,3,8-9H2,1-2H3. The van der Waals surface area contributed by atoms with Crippen LogP contribution in [0, 0.1) is 17.7 Å². The Hall–Kier alpha value is -1.38. The number of rotatable bonds is 5. The van der Waals surface area contributed by atoms with Gasteiger partial charge in [-0.1, -0.05) is 19.1 Å². The van der Waals surface area contributed by atoms with E-state index in [1.54, 1.807) is 0 Å². The van der Waals surface area contributed by atoms with Crippen molar-refractivity contribution in [2.75, 3.05) is 7.11 Å². The third-order valence-corrected chi connectivity index (χ3v) is 3.85.